The Morgan fingerprint density at radius 3 is 2.19 bits per heavy atom. The van der Waals surface area contributed by atoms with Crippen molar-refractivity contribution in [3.63, 3.8) is 0 Å². The number of hydrazine groups is 1. The molecule has 2 unspecified atom stereocenters. The van der Waals surface area contributed by atoms with Gasteiger partial charge in [-0.25, -0.2) is 10.0 Å². The van der Waals surface area contributed by atoms with Crippen LogP contribution in [0.3, 0.4) is 0 Å². The average Bonchev–Trinajstić information content (AvgIpc) is 3.20. The van der Waals surface area contributed by atoms with E-state index in [1.54, 1.807) is 9.91 Å². The largest absolute Gasteiger partial charge is 0.302 e. The molecule has 2 amide bonds. The van der Waals surface area contributed by atoms with Crippen LogP contribution >= 0.6 is 0 Å². The van der Waals surface area contributed by atoms with E-state index in [9.17, 15) is 9.59 Å². The number of carbonyl (C=O) groups excluding carboxylic acids is 2. The zero-order valence-corrected chi connectivity index (χ0v) is 18.1. The van der Waals surface area contributed by atoms with Gasteiger partial charge in [0.1, 0.15) is 11.8 Å². The van der Waals surface area contributed by atoms with Gasteiger partial charge >= 0.3 is 0 Å². The molecule has 2 heterocycles. The monoisotopic (exact) mass is 424 g/mol. The summed E-state index contributed by atoms with van der Waals surface area (Å²) in [6.07, 6.45) is 0. The van der Waals surface area contributed by atoms with Crippen molar-refractivity contribution in [1.82, 2.24) is 5.01 Å². The van der Waals surface area contributed by atoms with Crippen LogP contribution in [0.1, 0.15) is 18.1 Å². The number of aliphatic imine (C=N–C) groups is 1. The number of amides is 2. The maximum atomic E-state index is 13.5. The minimum Gasteiger partial charge on any atom is -0.302 e. The van der Waals surface area contributed by atoms with Crippen LogP contribution < -0.4 is 9.91 Å². The first-order chi connectivity index (χ1) is 15.6. The normalized spacial score (nSPS) is 22.1. The van der Waals surface area contributed by atoms with Gasteiger partial charge in [-0.1, -0.05) is 66.7 Å². The van der Waals surface area contributed by atoms with E-state index >= 15 is 0 Å². The van der Waals surface area contributed by atoms with Crippen molar-refractivity contribution in [1.29, 1.82) is 0 Å². The van der Waals surface area contributed by atoms with Gasteiger partial charge in [0.25, 0.3) is 11.8 Å². The van der Waals surface area contributed by atoms with E-state index in [-0.39, 0.29) is 17.9 Å². The molecule has 0 radical (unpaired) electrons. The molecule has 0 aliphatic carbocycles. The van der Waals surface area contributed by atoms with Crippen LogP contribution in [0.25, 0.3) is 0 Å². The summed E-state index contributed by atoms with van der Waals surface area (Å²) >= 11 is 0. The van der Waals surface area contributed by atoms with Crippen molar-refractivity contribution >= 4 is 28.9 Å². The second kappa shape index (κ2) is 8.05. The number of para-hydroxylation sites is 2. The fraction of sp³-hybridized carbons (Fsp3) is 0.192. The van der Waals surface area contributed by atoms with Crippen molar-refractivity contribution in [2.75, 3.05) is 17.0 Å². The van der Waals surface area contributed by atoms with Crippen LogP contribution in [0.15, 0.2) is 89.9 Å². The molecule has 160 valence electrons. The van der Waals surface area contributed by atoms with E-state index in [0.717, 1.165) is 22.5 Å². The SMILES string of the molecule is CC1C(N=C2C(=O)N(Cc3ccccc3)c3ccccc32)C(=O)N(c2ccccc2)N1C. The van der Waals surface area contributed by atoms with Crippen molar-refractivity contribution in [3.8, 4) is 0 Å². The molecule has 0 spiro atoms. The summed E-state index contributed by atoms with van der Waals surface area (Å²) in [6.45, 7) is 2.42. The Labute approximate surface area is 187 Å². The van der Waals surface area contributed by atoms with E-state index < -0.39 is 6.04 Å². The lowest BCUT2D eigenvalue weighted by Crippen LogP contribution is -2.38. The summed E-state index contributed by atoms with van der Waals surface area (Å²) in [4.78, 5) is 33.3. The van der Waals surface area contributed by atoms with E-state index in [0.29, 0.717) is 12.3 Å². The highest BCUT2D eigenvalue weighted by molar-refractivity contribution is 6.54. The summed E-state index contributed by atoms with van der Waals surface area (Å²) in [5.41, 5.74) is 3.78. The first-order valence-electron chi connectivity index (χ1n) is 10.7. The van der Waals surface area contributed by atoms with Gasteiger partial charge < -0.3 is 4.90 Å². The number of carbonyl (C=O) groups is 2. The van der Waals surface area contributed by atoms with Crippen LogP contribution in [0.2, 0.25) is 0 Å². The Morgan fingerprint density at radius 1 is 0.844 bits per heavy atom. The minimum absolute atomic E-state index is 0.134. The van der Waals surface area contributed by atoms with Gasteiger partial charge in [0.15, 0.2) is 0 Å². The number of benzene rings is 3. The first-order valence-corrected chi connectivity index (χ1v) is 10.7. The topological polar surface area (TPSA) is 56.2 Å². The van der Waals surface area contributed by atoms with Crippen LogP contribution in [0.4, 0.5) is 11.4 Å². The smallest absolute Gasteiger partial charge is 0.277 e. The first kappa shape index (κ1) is 20.2. The summed E-state index contributed by atoms with van der Waals surface area (Å²) < 4.78 is 0. The second-order valence-electron chi connectivity index (χ2n) is 8.12. The number of likely N-dealkylation sites (N-methyl/N-ethyl adjacent to an activating group) is 1. The van der Waals surface area contributed by atoms with Gasteiger partial charge in [0.05, 0.1) is 24.0 Å². The molecule has 0 saturated carbocycles. The zero-order chi connectivity index (χ0) is 22.2. The highest BCUT2D eigenvalue weighted by atomic mass is 16.2. The number of anilines is 2. The molecule has 2 atom stereocenters. The second-order valence-corrected chi connectivity index (χ2v) is 8.12. The summed E-state index contributed by atoms with van der Waals surface area (Å²) in [5.74, 6) is -0.304. The molecule has 3 aromatic carbocycles. The fourth-order valence-corrected chi connectivity index (χ4v) is 4.36. The molecule has 0 N–H and O–H groups in total. The number of hydrogen-bond donors (Lipinski definition) is 0. The van der Waals surface area contributed by atoms with E-state index in [1.807, 2.05) is 104 Å². The van der Waals surface area contributed by atoms with Crippen molar-refractivity contribution in [3.05, 3.63) is 96.1 Å². The molecule has 2 aliphatic rings. The van der Waals surface area contributed by atoms with Crippen molar-refractivity contribution in [2.45, 2.75) is 25.6 Å². The highest BCUT2D eigenvalue weighted by Crippen LogP contribution is 2.33. The number of hydrogen-bond acceptors (Lipinski definition) is 4. The maximum Gasteiger partial charge on any atom is 0.277 e. The van der Waals surface area contributed by atoms with Crippen molar-refractivity contribution < 1.29 is 9.59 Å². The molecule has 2 aliphatic heterocycles. The Kier molecular flexibility index (Phi) is 5.07. The third-order valence-electron chi connectivity index (χ3n) is 6.17. The van der Waals surface area contributed by atoms with E-state index in [1.165, 1.54) is 0 Å². The molecule has 1 fully saturated rings. The molecule has 6 heteroatoms. The van der Waals surface area contributed by atoms with Crippen molar-refractivity contribution in [2.24, 2.45) is 4.99 Å². The van der Waals surface area contributed by atoms with E-state index in [2.05, 4.69) is 0 Å². The third-order valence-corrected chi connectivity index (χ3v) is 6.17. The standard InChI is InChI=1S/C26H24N4O2/c1-18-23(26(32)30(28(18)2)20-13-7-4-8-14-20)27-24-21-15-9-10-16-22(21)29(25(24)31)17-19-11-5-3-6-12-19/h3-16,18,23H,17H2,1-2H3. The Morgan fingerprint density at radius 2 is 1.47 bits per heavy atom. The number of rotatable bonds is 4. The molecule has 5 rings (SSSR count). The summed E-state index contributed by atoms with van der Waals surface area (Å²) in [6, 6.07) is 26.2. The summed E-state index contributed by atoms with van der Waals surface area (Å²) in [5, 5.41) is 3.53. The van der Waals surface area contributed by atoms with Crippen LogP contribution in [-0.2, 0) is 16.1 Å². The molecule has 32 heavy (non-hydrogen) atoms. The lowest BCUT2D eigenvalue weighted by Gasteiger charge is -2.26. The van der Waals surface area contributed by atoms with Gasteiger partial charge in [0, 0.05) is 12.6 Å². The minimum atomic E-state index is -0.663. The molecular formula is C26H24N4O2. The van der Waals surface area contributed by atoms with Gasteiger partial charge in [-0.2, -0.15) is 0 Å². The predicted octanol–water partition coefficient (Wildman–Crippen LogP) is 3.67. The molecule has 1 saturated heterocycles. The Balaban J connectivity index is 1.51. The third kappa shape index (κ3) is 3.29. The van der Waals surface area contributed by atoms with Gasteiger partial charge in [-0.05, 0) is 30.7 Å². The molecule has 0 bridgehead atoms. The quantitative estimate of drug-likeness (QED) is 0.642. The molecule has 3 aromatic rings. The number of nitrogens with zero attached hydrogens (tertiary/aromatic N) is 4. The van der Waals surface area contributed by atoms with Crippen LogP contribution in [-0.4, -0.2) is 41.7 Å². The lowest BCUT2D eigenvalue weighted by molar-refractivity contribution is -0.118. The van der Waals surface area contributed by atoms with Crippen LogP contribution in [0, 0.1) is 0 Å². The number of fused-ring (bicyclic) bond motifs is 1. The molecular weight excluding hydrogens is 400 g/mol. The predicted molar refractivity (Wildman–Crippen MR) is 126 cm³/mol. The van der Waals surface area contributed by atoms with Gasteiger partial charge in [-0.3, -0.25) is 14.6 Å². The average molecular weight is 425 g/mol. The fourth-order valence-electron chi connectivity index (χ4n) is 4.36. The lowest BCUT2D eigenvalue weighted by atomic mass is 10.1. The molecule has 0 aromatic heterocycles. The maximum absolute atomic E-state index is 13.5. The van der Waals surface area contributed by atoms with Gasteiger partial charge in [0.2, 0.25) is 0 Å². The Bertz CT molecular complexity index is 1190. The van der Waals surface area contributed by atoms with Gasteiger partial charge in [-0.15, -0.1) is 0 Å². The molecule has 6 nitrogen and oxygen atoms in total. The zero-order valence-electron chi connectivity index (χ0n) is 18.1. The van der Waals surface area contributed by atoms with Crippen LogP contribution in [0.5, 0.6) is 0 Å². The van der Waals surface area contributed by atoms with E-state index in [4.69, 9.17) is 4.99 Å². The summed E-state index contributed by atoms with van der Waals surface area (Å²) in [7, 11) is 1.88. The Hall–Kier alpha value is -3.77. The highest BCUT2D eigenvalue weighted by Gasteiger charge is 2.45.